The highest BCUT2D eigenvalue weighted by Gasteiger charge is 2.59. The van der Waals surface area contributed by atoms with E-state index in [9.17, 15) is 9.46 Å². The molecule has 1 N–H and O–H groups in total. The molecule has 0 heterocycles. The first-order chi connectivity index (χ1) is 17.4. The number of allylic oxidation sites excluding steroid dienone is 1. The van der Waals surface area contributed by atoms with Crippen LogP contribution < -0.4 is 0 Å². The van der Waals surface area contributed by atoms with Crippen LogP contribution in [-0.4, -0.2) is 43.1 Å². The van der Waals surface area contributed by atoms with Crippen molar-refractivity contribution in [1.82, 2.24) is 4.90 Å². The quantitative estimate of drug-likeness (QED) is 0.213. The molecule has 0 amide bonds. The second-order valence-corrected chi connectivity index (χ2v) is 15.8. The van der Waals surface area contributed by atoms with Gasteiger partial charge in [-0.25, -0.2) is 4.57 Å². The van der Waals surface area contributed by atoms with Crippen LogP contribution in [0.5, 0.6) is 0 Å². The zero-order chi connectivity index (χ0) is 27.0. The highest BCUT2D eigenvalue weighted by Crippen LogP contribution is 2.67. The number of phosphoric acid groups is 1. The van der Waals surface area contributed by atoms with E-state index in [2.05, 4.69) is 40.7 Å². The zero-order valence-electron chi connectivity index (χ0n) is 24.9. The van der Waals surface area contributed by atoms with E-state index in [0.717, 1.165) is 54.8 Å². The molecule has 6 heteroatoms. The van der Waals surface area contributed by atoms with Gasteiger partial charge in [-0.15, -0.1) is 0 Å². The van der Waals surface area contributed by atoms with Gasteiger partial charge in [0.05, 0.1) is 12.7 Å². The summed E-state index contributed by atoms with van der Waals surface area (Å²) >= 11 is 0. The summed E-state index contributed by atoms with van der Waals surface area (Å²) in [6.45, 7) is 13.2. The lowest BCUT2D eigenvalue weighted by Crippen LogP contribution is -2.51. The molecule has 4 rings (SSSR count). The lowest BCUT2D eigenvalue weighted by molar-refractivity contribution is -0.0574. The summed E-state index contributed by atoms with van der Waals surface area (Å²) in [5.74, 6) is 4.96. The number of hydrogen-bond donors (Lipinski definition) is 1. The molecular weight excluding hydrogens is 481 g/mol. The van der Waals surface area contributed by atoms with Crippen LogP contribution in [0.4, 0.5) is 0 Å². The third-order valence-corrected chi connectivity index (χ3v) is 12.4. The molecule has 4 aliphatic rings. The van der Waals surface area contributed by atoms with E-state index in [1.54, 1.807) is 0 Å². The van der Waals surface area contributed by atoms with Crippen molar-refractivity contribution in [1.29, 1.82) is 0 Å². The predicted octanol–water partition coefficient (Wildman–Crippen LogP) is 8.09. The second-order valence-electron chi connectivity index (χ2n) is 14.4. The molecule has 3 saturated carbocycles. The van der Waals surface area contributed by atoms with Gasteiger partial charge in [-0.05, 0) is 112 Å². The smallest absolute Gasteiger partial charge is 0.307 e. The maximum atomic E-state index is 12.5. The maximum Gasteiger partial charge on any atom is 0.472 e. The highest BCUT2D eigenvalue weighted by molar-refractivity contribution is 7.47. The highest BCUT2D eigenvalue weighted by atomic mass is 31.2. The monoisotopic (exact) mass is 537 g/mol. The first-order valence-corrected chi connectivity index (χ1v) is 16.8. The number of phosphoric ester groups is 1. The Balaban J connectivity index is 1.39. The minimum absolute atomic E-state index is 0.204. The Kier molecular flexibility index (Phi) is 9.45. The van der Waals surface area contributed by atoms with Crippen molar-refractivity contribution in [2.24, 2.45) is 46.3 Å². The van der Waals surface area contributed by atoms with Crippen LogP contribution in [0.3, 0.4) is 0 Å². The van der Waals surface area contributed by atoms with E-state index in [-0.39, 0.29) is 18.1 Å². The molecule has 0 aromatic heterocycles. The lowest BCUT2D eigenvalue weighted by Gasteiger charge is -2.58. The van der Waals surface area contributed by atoms with E-state index >= 15 is 0 Å². The molecule has 4 aliphatic carbocycles. The fourth-order valence-corrected chi connectivity index (χ4v) is 10.2. The number of rotatable bonds is 11. The fourth-order valence-electron chi connectivity index (χ4n) is 9.30. The van der Waals surface area contributed by atoms with Gasteiger partial charge in [0.15, 0.2) is 0 Å². The van der Waals surface area contributed by atoms with Crippen LogP contribution in [0.1, 0.15) is 105 Å². The van der Waals surface area contributed by atoms with Crippen molar-refractivity contribution in [2.75, 3.05) is 27.2 Å². The van der Waals surface area contributed by atoms with Crippen molar-refractivity contribution in [3.63, 3.8) is 0 Å². The van der Waals surface area contributed by atoms with Gasteiger partial charge < -0.3 is 9.79 Å². The number of hydrogen-bond acceptors (Lipinski definition) is 4. The zero-order valence-corrected chi connectivity index (χ0v) is 25.8. The summed E-state index contributed by atoms with van der Waals surface area (Å²) in [5.41, 5.74) is 2.21. The average Bonchev–Trinajstić information content (AvgIpc) is 3.15. The summed E-state index contributed by atoms with van der Waals surface area (Å²) in [6.07, 6.45) is 15.9. The predicted molar refractivity (Wildman–Crippen MR) is 152 cm³/mol. The van der Waals surface area contributed by atoms with Gasteiger partial charge >= 0.3 is 7.82 Å². The van der Waals surface area contributed by atoms with Crippen LogP contribution >= 0.6 is 7.82 Å². The Hall–Kier alpha value is -0.190. The lowest BCUT2D eigenvalue weighted by atomic mass is 9.47. The van der Waals surface area contributed by atoms with Gasteiger partial charge in [0.1, 0.15) is 0 Å². The Morgan fingerprint density at radius 3 is 2.54 bits per heavy atom. The Morgan fingerprint density at radius 1 is 1.08 bits per heavy atom. The summed E-state index contributed by atoms with van der Waals surface area (Å²) in [7, 11) is -0.179. The second kappa shape index (κ2) is 11.7. The van der Waals surface area contributed by atoms with Crippen molar-refractivity contribution in [2.45, 2.75) is 111 Å². The van der Waals surface area contributed by atoms with E-state index in [1.807, 2.05) is 19.0 Å². The molecule has 0 spiro atoms. The van der Waals surface area contributed by atoms with Crippen molar-refractivity contribution in [3.05, 3.63) is 11.6 Å². The van der Waals surface area contributed by atoms with Crippen LogP contribution in [0.25, 0.3) is 0 Å². The first-order valence-electron chi connectivity index (χ1n) is 15.4. The minimum Gasteiger partial charge on any atom is -0.307 e. The number of likely N-dealkylation sites (N-methyl/N-ethyl adjacent to an activating group) is 1. The summed E-state index contributed by atoms with van der Waals surface area (Å²) in [5, 5.41) is 0. The van der Waals surface area contributed by atoms with Gasteiger partial charge in [-0.3, -0.25) is 9.05 Å². The molecule has 0 aromatic carbocycles. The van der Waals surface area contributed by atoms with Crippen molar-refractivity contribution >= 4 is 7.82 Å². The molecule has 9 unspecified atom stereocenters. The molecule has 3 fully saturated rings. The molecule has 0 aliphatic heterocycles. The molecule has 0 saturated heterocycles. The summed E-state index contributed by atoms with van der Waals surface area (Å²) in [6, 6.07) is 0. The van der Waals surface area contributed by atoms with Crippen LogP contribution in [0.15, 0.2) is 11.6 Å². The average molecular weight is 538 g/mol. The van der Waals surface area contributed by atoms with E-state index < -0.39 is 7.82 Å². The van der Waals surface area contributed by atoms with E-state index in [0.29, 0.717) is 12.0 Å². The van der Waals surface area contributed by atoms with Crippen molar-refractivity contribution < 1.29 is 18.5 Å². The van der Waals surface area contributed by atoms with Crippen LogP contribution in [0, 0.1) is 46.3 Å². The molecule has 0 aromatic rings. The SMILES string of the molecule is CC(C)CCCC(C)C1CCC2C3CC=C4CC(OP(=O)(O)OCCN(C)C)CCC4(C)C3CCC12C. The van der Waals surface area contributed by atoms with Crippen molar-refractivity contribution in [3.8, 4) is 0 Å². The molecule has 5 nitrogen and oxygen atoms in total. The molecular formula is C31H56NO4P. The van der Waals surface area contributed by atoms with Gasteiger partial charge in [0.25, 0.3) is 0 Å². The third-order valence-electron chi connectivity index (χ3n) is 11.3. The summed E-state index contributed by atoms with van der Waals surface area (Å²) in [4.78, 5) is 12.2. The van der Waals surface area contributed by atoms with E-state index in [1.165, 1.54) is 56.9 Å². The number of fused-ring (bicyclic) bond motifs is 5. The van der Waals surface area contributed by atoms with Gasteiger partial charge in [-0.2, -0.15) is 0 Å². The molecule has 37 heavy (non-hydrogen) atoms. The molecule has 9 atom stereocenters. The standard InChI is InChI=1S/C31H56NO4P/c1-22(2)9-8-10-23(3)27-13-14-28-26-12-11-24-21-25(36-37(33,34)35-20-19-32(6)7)15-17-30(24,4)29(26)16-18-31(27,28)5/h11,22-23,25-29H,8-10,12-21H2,1-7H3,(H,33,34). The Morgan fingerprint density at radius 2 is 1.84 bits per heavy atom. The third kappa shape index (κ3) is 6.43. The largest absolute Gasteiger partial charge is 0.472 e. The normalized spacial score (nSPS) is 40.1. The van der Waals surface area contributed by atoms with Gasteiger partial charge in [0, 0.05) is 6.54 Å². The first kappa shape index (κ1) is 29.8. The van der Waals surface area contributed by atoms with Gasteiger partial charge in [0.2, 0.25) is 0 Å². The number of nitrogens with zero attached hydrogens (tertiary/aromatic N) is 1. The summed E-state index contributed by atoms with van der Waals surface area (Å²) < 4.78 is 23.5. The Labute approximate surface area is 227 Å². The molecule has 0 bridgehead atoms. The van der Waals surface area contributed by atoms with E-state index in [4.69, 9.17) is 9.05 Å². The minimum atomic E-state index is -4.02. The van der Waals surface area contributed by atoms with Gasteiger partial charge in [-0.1, -0.05) is 65.5 Å². The Bertz CT molecular complexity index is 858. The van der Waals surface area contributed by atoms with Crippen LogP contribution in [-0.2, 0) is 13.6 Å². The van der Waals surface area contributed by atoms with Crippen LogP contribution in [0.2, 0.25) is 0 Å². The topological polar surface area (TPSA) is 59.0 Å². The maximum absolute atomic E-state index is 12.5. The molecule has 0 radical (unpaired) electrons. The molecule has 214 valence electrons. The fraction of sp³-hybridized carbons (Fsp3) is 0.935.